The van der Waals surface area contributed by atoms with E-state index in [0.717, 1.165) is 36.7 Å². The van der Waals surface area contributed by atoms with Crippen LogP contribution in [0.5, 0.6) is 0 Å². The predicted molar refractivity (Wildman–Crippen MR) is 73.7 cm³/mol. The molecule has 1 heterocycles. The maximum absolute atomic E-state index is 13.1. The molecule has 2 aromatic carbocycles. The molecule has 0 spiro atoms. The van der Waals surface area contributed by atoms with Gasteiger partial charge in [0.05, 0.1) is 5.56 Å². The summed E-state index contributed by atoms with van der Waals surface area (Å²) in [6, 6.07) is 11.2. The summed E-state index contributed by atoms with van der Waals surface area (Å²) >= 11 is 0. The summed E-state index contributed by atoms with van der Waals surface area (Å²) in [6.07, 6.45) is -2.41. The second kappa shape index (κ2) is 4.85. The van der Waals surface area contributed by atoms with Crippen molar-refractivity contribution >= 4 is 5.69 Å². The van der Waals surface area contributed by atoms with Crippen LogP contribution in [0.25, 0.3) is 11.1 Å². The average Bonchev–Trinajstić information content (AvgIpc) is 2.46. The Labute approximate surface area is 115 Å². The highest BCUT2D eigenvalue weighted by atomic mass is 19.4. The van der Waals surface area contributed by atoms with Crippen molar-refractivity contribution in [1.29, 1.82) is 0 Å². The standard InChI is InChI=1S/C16H14F3N/c17-16(18,19)14-6-2-1-5-13(14)11-7-8-15-12(10-11)4-3-9-20-15/h1-2,5-8,10,20H,3-4,9H2. The van der Waals surface area contributed by atoms with Crippen molar-refractivity contribution in [2.24, 2.45) is 0 Å². The van der Waals surface area contributed by atoms with Crippen LogP contribution in [0.4, 0.5) is 18.9 Å². The minimum atomic E-state index is -4.33. The third kappa shape index (κ3) is 2.38. The number of anilines is 1. The molecule has 104 valence electrons. The van der Waals surface area contributed by atoms with E-state index in [2.05, 4.69) is 5.32 Å². The lowest BCUT2D eigenvalue weighted by Crippen LogP contribution is -2.12. The van der Waals surface area contributed by atoms with Crippen molar-refractivity contribution in [1.82, 2.24) is 0 Å². The topological polar surface area (TPSA) is 12.0 Å². The Balaban J connectivity index is 2.10. The quantitative estimate of drug-likeness (QED) is 0.794. The van der Waals surface area contributed by atoms with Crippen molar-refractivity contribution in [2.45, 2.75) is 19.0 Å². The Morgan fingerprint density at radius 1 is 1.00 bits per heavy atom. The first-order valence-corrected chi connectivity index (χ1v) is 6.59. The number of hydrogen-bond donors (Lipinski definition) is 1. The molecule has 0 fully saturated rings. The first kappa shape index (κ1) is 13.0. The van der Waals surface area contributed by atoms with Crippen LogP contribution in [0, 0.1) is 0 Å². The third-order valence-corrected chi connectivity index (χ3v) is 3.59. The zero-order valence-corrected chi connectivity index (χ0v) is 10.8. The molecule has 2 aromatic rings. The van der Waals surface area contributed by atoms with Crippen LogP contribution in [0.2, 0.25) is 0 Å². The first-order chi connectivity index (χ1) is 9.55. The molecular weight excluding hydrogens is 263 g/mol. The molecule has 3 rings (SSSR count). The second-order valence-corrected chi connectivity index (χ2v) is 4.95. The fourth-order valence-electron chi connectivity index (χ4n) is 2.62. The average molecular weight is 277 g/mol. The molecule has 20 heavy (non-hydrogen) atoms. The van der Waals surface area contributed by atoms with Crippen LogP contribution in [-0.4, -0.2) is 6.54 Å². The second-order valence-electron chi connectivity index (χ2n) is 4.95. The van der Waals surface area contributed by atoms with E-state index in [1.165, 1.54) is 12.1 Å². The van der Waals surface area contributed by atoms with E-state index >= 15 is 0 Å². The third-order valence-electron chi connectivity index (χ3n) is 3.59. The predicted octanol–water partition coefficient (Wildman–Crippen LogP) is 4.73. The molecule has 1 N–H and O–H groups in total. The van der Waals surface area contributed by atoms with E-state index in [9.17, 15) is 13.2 Å². The van der Waals surface area contributed by atoms with Gasteiger partial charge in [0.15, 0.2) is 0 Å². The van der Waals surface area contributed by atoms with Crippen LogP contribution in [0.15, 0.2) is 42.5 Å². The van der Waals surface area contributed by atoms with Gasteiger partial charge < -0.3 is 5.32 Å². The lowest BCUT2D eigenvalue weighted by Gasteiger charge is -2.20. The summed E-state index contributed by atoms with van der Waals surface area (Å²) in [5.41, 5.74) is 2.41. The monoisotopic (exact) mass is 277 g/mol. The van der Waals surface area contributed by atoms with Gasteiger partial charge >= 0.3 is 6.18 Å². The van der Waals surface area contributed by atoms with Crippen LogP contribution < -0.4 is 5.32 Å². The Hall–Kier alpha value is -1.97. The van der Waals surface area contributed by atoms with Crippen LogP contribution >= 0.6 is 0 Å². The van der Waals surface area contributed by atoms with E-state index in [4.69, 9.17) is 0 Å². The molecule has 0 bridgehead atoms. The Bertz CT molecular complexity index is 632. The lowest BCUT2D eigenvalue weighted by molar-refractivity contribution is -0.137. The molecule has 0 aliphatic carbocycles. The summed E-state index contributed by atoms with van der Waals surface area (Å²) in [4.78, 5) is 0. The van der Waals surface area contributed by atoms with Gasteiger partial charge in [0, 0.05) is 12.2 Å². The minimum Gasteiger partial charge on any atom is -0.385 e. The van der Waals surface area contributed by atoms with Crippen molar-refractivity contribution < 1.29 is 13.2 Å². The molecule has 1 nitrogen and oxygen atoms in total. The van der Waals surface area contributed by atoms with E-state index < -0.39 is 11.7 Å². The Morgan fingerprint density at radius 3 is 2.60 bits per heavy atom. The smallest absolute Gasteiger partial charge is 0.385 e. The molecule has 0 saturated heterocycles. The molecule has 0 radical (unpaired) electrons. The number of alkyl halides is 3. The highest BCUT2D eigenvalue weighted by molar-refractivity contribution is 5.72. The van der Waals surface area contributed by atoms with Crippen LogP contribution in [0.3, 0.4) is 0 Å². The van der Waals surface area contributed by atoms with Gasteiger partial charge in [-0.1, -0.05) is 24.3 Å². The molecule has 0 amide bonds. The summed E-state index contributed by atoms with van der Waals surface area (Å²) < 4.78 is 39.2. The normalized spacial score (nSPS) is 14.6. The lowest BCUT2D eigenvalue weighted by atomic mass is 9.94. The number of nitrogens with one attached hydrogen (secondary N) is 1. The van der Waals surface area contributed by atoms with E-state index in [1.54, 1.807) is 12.1 Å². The summed E-state index contributed by atoms with van der Waals surface area (Å²) in [5.74, 6) is 0. The first-order valence-electron chi connectivity index (χ1n) is 6.59. The maximum atomic E-state index is 13.1. The molecule has 1 aliphatic rings. The van der Waals surface area contributed by atoms with Crippen LogP contribution in [-0.2, 0) is 12.6 Å². The number of benzene rings is 2. The number of rotatable bonds is 1. The van der Waals surface area contributed by atoms with Gasteiger partial charge in [0.2, 0.25) is 0 Å². The fourth-order valence-corrected chi connectivity index (χ4v) is 2.62. The number of aryl methyl sites for hydroxylation is 1. The highest BCUT2D eigenvalue weighted by Gasteiger charge is 2.33. The van der Waals surface area contributed by atoms with Gasteiger partial charge in [-0.05, 0) is 47.7 Å². The molecule has 0 aromatic heterocycles. The van der Waals surface area contributed by atoms with Gasteiger partial charge in [-0.2, -0.15) is 13.2 Å². The van der Waals surface area contributed by atoms with Crippen molar-refractivity contribution in [2.75, 3.05) is 11.9 Å². The number of hydrogen-bond acceptors (Lipinski definition) is 1. The van der Waals surface area contributed by atoms with Gasteiger partial charge in [0.1, 0.15) is 0 Å². The highest BCUT2D eigenvalue weighted by Crippen LogP contribution is 2.38. The SMILES string of the molecule is FC(F)(F)c1ccccc1-c1ccc2c(c1)CCCN2. The Morgan fingerprint density at radius 2 is 1.80 bits per heavy atom. The van der Waals surface area contributed by atoms with Crippen molar-refractivity contribution in [3.8, 4) is 11.1 Å². The fraction of sp³-hybridized carbons (Fsp3) is 0.250. The van der Waals surface area contributed by atoms with Crippen molar-refractivity contribution in [3.05, 3.63) is 53.6 Å². The summed E-state index contributed by atoms with van der Waals surface area (Å²) in [5, 5.41) is 3.26. The van der Waals surface area contributed by atoms with Gasteiger partial charge in [-0.25, -0.2) is 0 Å². The molecule has 0 atom stereocenters. The van der Waals surface area contributed by atoms with Crippen molar-refractivity contribution in [3.63, 3.8) is 0 Å². The summed E-state index contributed by atoms with van der Waals surface area (Å²) in [6.45, 7) is 0.922. The molecular formula is C16H14F3N. The summed E-state index contributed by atoms with van der Waals surface area (Å²) in [7, 11) is 0. The van der Waals surface area contributed by atoms with E-state index in [-0.39, 0.29) is 5.56 Å². The number of fused-ring (bicyclic) bond motifs is 1. The van der Waals surface area contributed by atoms with E-state index in [0.29, 0.717) is 5.56 Å². The minimum absolute atomic E-state index is 0.244. The van der Waals surface area contributed by atoms with Crippen LogP contribution in [0.1, 0.15) is 17.5 Å². The molecule has 1 aliphatic heterocycles. The van der Waals surface area contributed by atoms with E-state index in [1.807, 2.05) is 12.1 Å². The van der Waals surface area contributed by atoms with Gasteiger partial charge in [0.25, 0.3) is 0 Å². The number of halogens is 3. The Kier molecular flexibility index (Phi) is 3.16. The van der Waals surface area contributed by atoms with Gasteiger partial charge in [-0.15, -0.1) is 0 Å². The molecule has 0 saturated carbocycles. The zero-order chi connectivity index (χ0) is 14.2. The largest absolute Gasteiger partial charge is 0.417 e. The maximum Gasteiger partial charge on any atom is 0.417 e. The molecule has 4 heteroatoms. The van der Waals surface area contributed by atoms with Gasteiger partial charge in [-0.3, -0.25) is 0 Å². The zero-order valence-electron chi connectivity index (χ0n) is 10.8. The molecule has 0 unspecified atom stereocenters.